The minimum absolute atomic E-state index is 0.0403. The number of nitrogens with one attached hydrogen (secondary N) is 1. The van der Waals surface area contributed by atoms with Crippen LogP contribution in [0.15, 0.2) is 0 Å². The van der Waals surface area contributed by atoms with Gasteiger partial charge in [0.25, 0.3) is 0 Å². The lowest BCUT2D eigenvalue weighted by Crippen LogP contribution is -2.16. The Morgan fingerprint density at radius 3 is 2.92 bits per heavy atom. The highest BCUT2D eigenvalue weighted by atomic mass is 16.3. The minimum Gasteiger partial charge on any atom is -0.392 e. The highest BCUT2D eigenvalue weighted by Crippen LogP contribution is 2.20. The van der Waals surface area contributed by atoms with Crippen molar-refractivity contribution in [2.45, 2.75) is 18.6 Å². The predicted molar refractivity (Wildman–Crippen MR) is 46.8 cm³/mol. The van der Waals surface area contributed by atoms with Gasteiger partial charge in [-0.3, -0.25) is 0 Å². The van der Waals surface area contributed by atoms with Gasteiger partial charge in [-0.15, -0.1) is 0 Å². The van der Waals surface area contributed by atoms with E-state index in [0.717, 1.165) is 0 Å². The molecule has 0 aliphatic carbocycles. The number of nitrogens with two attached hydrogens (primary N) is 1. The maximum atomic E-state index is 9.28. The van der Waals surface area contributed by atoms with Crippen molar-refractivity contribution in [1.82, 2.24) is 20.1 Å². The van der Waals surface area contributed by atoms with Gasteiger partial charge in [0.2, 0.25) is 5.95 Å². The van der Waals surface area contributed by atoms with Crippen molar-refractivity contribution in [3.05, 3.63) is 5.82 Å². The second-order valence-electron chi connectivity index (χ2n) is 3.30. The molecule has 0 bridgehead atoms. The van der Waals surface area contributed by atoms with Gasteiger partial charge in [-0.1, -0.05) is 0 Å². The maximum absolute atomic E-state index is 9.28. The van der Waals surface area contributed by atoms with Crippen molar-refractivity contribution in [1.29, 1.82) is 0 Å². The van der Waals surface area contributed by atoms with E-state index in [1.807, 2.05) is 0 Å². The van der Waals surface area contributed by atoms with Crippen molar-refractivity contribution in [2.24, 2.45) is 7.05 Å². The average molecular weight is 183 g/mol. The molecule has 0 saturated carbocycles. The van der Waals surface area contributed by atoms with Crippen LogP contribution in [0.25, 0.3) is 0 Å². The highest BCUT2D eigenvalue weighted by Gasteiger charge is 2.26. The molecular weight excluding hydrogens is 170 g/mol. The van der Waals surface area contributed by atoms with Crippen molar-refractivity contribution in [2.75, 3.05) is 12.3 Å². The summed E-state index contributed by atoms with van der Waals surface area (Å²) in [6, 6.07) is 0.0403. The van der Waals surface area contributed by atoms with E-state index in [1.54, 1.807) is 7.05 Å². The van der Waals surface area contributed by atoms with Crippen LogP contribution >= 0.6 is 0 Å². The third-order valence-electron chi connectivity index (χ3n) is 2.23. The molecule has 4 N–H and O–H groups in total. The molecule has 0 amide bonds. The number of aromatic nitrogens is 3. The summed E-state index contributed by atoms with van der Waals surface area (Å²) in [6.07, 6.45) is 0.360. The number of nitrogens with zero attached hydrogens (tertiary/aromatic N) is 3. The van der Waals surface area contributed by atoms with Crippen molar-refractivity contribution in [3.8, 4) is 0 Å². The summed E-state index contributed by atoms with van der Waals surface area (Å²) >= 11 is 0. The van der Waals surface area contributed by atoms with Crippen molar-refractivity contribution in [3.63, 3.8) is 0 Å². The molecule has 0 spiro atoms. The van der Waals surface area contributed by atoms with Gasteiger partial charge >= 0.3 is 0 Å². The van der Waals surface area contributed by atoms with Crippen LogP contribution in [-0.4, -0.2) is 32.5 Å². The fourth-order valence-electron chi connectivity index (χ4n) is 1.48. The van der Waals surface area contributed by atoms with Crippen LogP contribution in [0.5, 0.6) is 0 Å². The lowest BCUT2D eigenvalue weighted by Gasteiger charge is -2.02. The summed E-state index contributed by atoms with van der Waals surface area (Å²) in [4.78, 5) is 4.08. The van der Waals surface area contributed by atoms with Gasteiger partial charge in [-0.05, 0) is 6.42 Å². The van der Waals surface area contributed by atoms with Gasteiger partial charge in [0.1, 0.15) is 0 Å². The Kier molecular flexibility index (Phi) is 1.93. The van der Waals surface area contributed by atoms with E-state index in [1.165, 1.54) is 4.68 Å². The van der Waals surface area contributed by atoms with Gasteiger partial charge in [0.15, 0.2) is 5.82 Å². The molecule has 0 radical (unpaired) electrons. The summed E-state index contributed by atoms with van der Waals surface area (Å²) in [7, 11) is 1.75. The molecule has 2 heterocycles. The summed E-state index contributed by atoms with van der Waals surface area (Å²) in [5.41, 5.74) is 5.54. The zero-order chi connectivity index (χ0) is 9.42. The number of β-amino-alcohol motifs (C(OH)–C–C–N with tert-alkyl or cyclic N) is 1. The number of hydrogen-bond donors (Lipinski definition) is 3. The first-order chi connectivity index (χ1) is 6.16. The van der Waals surface area contributed by atoms with Gasteiger partial charge in [0, 0.05) is 13.6 Å². The van der Waals surface area contributed by atoms with Gasteiger partial charge < -0.3 is 16.2 Å². The number of anilines is 1. The third-order valence-corrected chi connectivity index (χ3v) is 2.23. The Bertz CT molecular complexity index is 290. The van der Waals surface area contributed by atoms with Crippen molar-refractivity contribution < 1.29 is 5.11 Å². The molecule has 0 aromatic carbocycles. The van der Waals surface area contributed by atoms with E-state index < -0.39 is 0 Å². The Hall–Kier alpha value is -1.14. The second kappa shape index (κ2) is 2.97. The van der Waals surface area contributed by atoms with Crippen LogP contribution in [0.1, 0.15) is 18.3 Å². The summed E-state index contributed by atoms with van der Waals surface area (Å²) in [5.74, 6) is 1.06. The smallest absolute Gasteiger partial charge is 0.218 e. The fourth-order valence-corrected chi connectivity index (χ4v) is 1.48. The van der Waals surface area contributed by atoms with Crippen LogP contribution in [0.2, 0.25) is 0 Å². The van der Waals surface area contributed by atoms with Crippen LogP contribution in [-0.2, 0) is 7.05 Å². The first-order valence-electron chi connectivity index (χ1n) is 4.24. The monoisotopic (exact) mass is 183 g/mol. The molecule has 1 aliphatic rings. The topological polar surface area (TPSA) is 89.0 Å². The number of aliphatic hydroxyl groups excluding tert-OH is 1. The van der Waals surface area contributed by atoms with Gasteiger partial charge in [0.05, 0.1) is 12.1 Å². The number of aryl methyl sites for hydroxylation is 1. The Balaban J connectivity index is 2.17. The molecule has 1 aromatic rings. The lowest BCUT2D eigenvalue weighted by molar-refractivity contribution is 0.193. The molecule has 1 saturated heterocycles. The number of hydrogen-bond acceptors (Lipinski definition) is 5. The number of rotatable bonds is 1. The highest BCUT2D eigenvalue weighted by molar-refractivity contribution is 5.17. The molecule has 0 unspecified atom stereocenters. The predicted octanol–water partition coefficient (Wildman–Crippen LogP) is -1.21. The second-order valence-corrected chi connectivity index (χ2v) is 3.30. The van der Waals surface area contributed by atoms with Crippen molar-refractivity contribution >= 4 is 5.95 Å². The summed E-state index contributed by atoms with van der Waals surface area (Å²) in [6.45, 7) is 0.600. The Labute approximate surface area is 75.8 Å². The fraction of sp³-hybridized carbons (Fsp3) is 0.714. The zero-order valence-corrected chi connectivity index (χ0v) is 7.44. The van der Waals surface area contributed by atoms with E-state index in [0.29, 0.717) is 24.7 Å². The van der Waals surface area contributed by atoms with E-state index in [4.69, 9.17) is 5.73 Å². The maximum Gasteiger partial charge on any atom is 0.218 e. The molecule has 6 heteroatoms. The van der Waals surface area contributed by atoms with Gasteiger partial charge in [-0.25, -0.2) is 4.68 Å². The molecular formula is C7H13N5O. The molecule has 1 fully saturated rings. The molecule has 2 atom stereocenters. The molecule has 1 aromatic heterocycles. The molecule has 2 rings (SSSR count). The van der Waals surface area contributed by atoms with Crippen LogP contribution < -0.4 is 11.1 Å². The lowest BCUT2D eigenvalue weighted by atomic mass is 10.2. The van der Waals surface area contributed by atoms with E-state index in [-0.39, 0.29) is 12.1 Å². The number of aliphatic hydroxyl groups is 1. The van der Waals surface area contributed by atoms with Crippen LogP contribution in [0, 0.1) is 0 Å². The molecule has 1 aliphatic heterocycles. The minimum atomic E-state index is -0.296. The van der Waals surface area contributed by atoms with Crippen LogP contribution in [0.3, 0.4) is 0 Å². The van der Waals surface area contributed by atoms with E-state index in [9.17, 15) is 5.11 Å². The average Bonchev–Trinajstić information content (AvgIpc) is 2.61. The largest absolute Gasteiger partial charge is 0.392 e. The number of nitrogen functional groups attached to an aromatic ring is 1. The first kappa shape index (κ1) is 8.46. The quantitative estimate of drug-likeness (QED) is 0.508. The molecule has 72 valence electrons. The van der Waals surface area contributed by atoms with Crippen LogP contribution in [0.4, 0.5) is 5.95 Å². The molecule has 13 heavy (non-hydrogen) atoms. The SMILES string of the molecule is Cn1nc([C@@H]2C[C@H](O)CN2)nc1N. The third kappa shape index (κ3) is 1.50. The van der Waals surface area contributed by atoms with E-state index in [2.05, 4.69) is 15.4 Å². The summed E-state index contributed by atoms with van der Waals surface area (Å²) < 4.78 is 1.53. The van der Waals surface area contributed by atoms with E-state index >= 15 is 0 Å². The summed E-state index contributed by atoms with van der Waals surface area (Å²) in [5, 5.41) is 16.5. The normalized spacial score (nSPS) is 28.2. The Morgan fingerprint density at radius 2 is 2.46 bits per heavy atom. The standard InChI is InChI=1S/C7H13N5O/c1-12-7(8)10-6(11-12)5-2-4(13)3-9-5/h4-5,9,13H,2-3H2,1H3,(H2,8,10,11)/t4-,5-/m0/s1. The Morgan fingerprint density at radius 1 is 1.69 bits per heavy atom. The van der Waals surface area contributed by atoms with Gasteiger partial charge in [-0.2, -0.15) is 10.1 Å². The first-order valence-corrected chi connectivity index (χ1v) is 4.24. The molecule has 6 nitrogen and oxygen atoms in total. The zero-order valence-electron chi connectivity index (χ0n) is 7.44.